The molecule has 28 heavy (non-hydrogen) atoms. The lowest BCUT2D eigenvalue weighted by Gasteiger charge is -2.09. The summed E-state index contributed by atoms with van der Waals surface area (Å²) < 4.78 is 46.1. The predicted molar refractivity (Wildman–Crippen MR) is 96.3 cm³/mol. The standard InChI is InChI=1S/C18H16ClF3N2O4/c1-26-15-6-5-13(19)8-14(15)16(23)24-28-17(25)12-4-2-3-11(7-12)9-27-10-18(20,21)22/h2-8H,9-10H2,1H3,(H2,23,24). The van der Waals surface area contributed by atoms with Crippen molar-refractivity contribution in [2.24, 2.45) is 10.9 Å². The third-order valence-corrected chi connectivity index (χ3v) is 3.60. The van der Waals surface area contributed by atoms with Crippen LogP contribution in [0.3, 0.4) is 0 Å². The fourth-order valence-electron chi connectivity index (χ4n) is 2.15. The fraction of sp³-hybridized carbons (Fsp3) is 0.222. The van der Waals surface area contributed by atoms with Crippen LogP contribution >= 0.6 is 11.6 Å². The summed E-state index contributed by atoms with van der Waals surface area (Å²) in [4.78, 5) is 16.9. The molecule has 0 spiro atoms. The van der Waals surface area contributed by atoms with E-state index in [4.69, 9.17) is 26.9 Å². The van der Waals surface area contributed by atoms with Gasteiger partial charge in [0.25, 0.3) is 0 Å². The first-order valence-electron chi connectivity index (χ1n) is 7.82. The van der Waals surface area contributed by atoms with E-state index < -0.39 is 18.8 Å². The maximum atomic E-state index is 12.1. The van der Waals surface area contributed by atoms with Crippen molar-refractivity contribution >= 4 is 23.4 Å². The van der Waals surface area contributed by atoms with Crippen LogP contribution in [0.2, 0.25) is 5.02 Å². The van der Waals surface area contributed by atoms with Crippen molar-refractivity contribution in [3.8, 4) is 5.75 Å². The van der Waals surface area contributed by atoms with Gasteiger partial charge in [-0.2, -0.15) is 13.2 Å². The highest BCUT2D eigenvalue weighted by atomic mass is 35.5. The number of amidine groups is 1. The molecule has 0 aromatic heterocycles. The van der Waals surface area contributed by atoms with Gasteiger partial charge in [-0.25, -0.2) is 4.79 Å². The molecular formula is C18H16ClF3N2O4. The minimum Gasteiger partial charge on any atom is -0.496 e. The van der Waals surface area contributed by atoms with Crippen molar-refractivity contribution in [2.75, 3.05) is 13.7 Å². The number of benzene rings is 2. The summed E-state index contributed by atoms with van der Waals surface area (Å²) in [5, 5.41) is 3.95. The van der Waals surface area contributed by atoms with E-state index in [0.29, 0.717) is 21.9 Å². The lowest BCUT2D eigenvalue weighted by atomic mass is 10.1. The van der Waals surface area contributed by atoms with Crippen LogP contribution in [-0.4, -0.2) is 31.7 Å². The Balaban J connectivity index is 2.06. The largest absolute Gasteiger partial charge is 0.496 e. The number of ether oxygens (including phenoxy) is 2. The van der Waals surface area contributed by atoms with Crippen molar-refractivity contribution in [3.05, 3.63) is 64.2 Å². The molecule has 0 aliphatic carbocycles. The summed E-state index contributed by atoms with van der Waals surface area (Å²) in [6, 6.07) is 10.4. The van der Waals surface area contributed by atoms with Crippen LogP contribution in [0, 0.1) is 0 Å². The third kappa shape index (κ3) is 6.43. The van der Waals surface area contributed by atoms with Gasteiger partial charge >= 0.3 is 12.1 Å². The molecule has 0 aliphatic heterocycles. The molecule has 0 bridgehead atoms. The minimum absolute atomic E-state index is 0.0720. The Kier molecular flexibility index (Phi) is 7.24. The number of hydrogen-bond acceptors (Lipinski definition) is 5. The first-order valence-corrected chi connectivity index (χ1v) is 8.19. The van der Waals surface area contributed by atoms with Gasteiger partial charge < -0.3 is 20.0 Å². The van der Waals surface area contributed by atoms with Gasteiger partial charge in [-0.05, 0) is 35.9 Å². The van der Waals surface area contributed by atoms with E-state index in [-0.39, 0.29) is 18.0 Å². The summed E-state index contributed by atoms with van der Waals surface area (Å²) in [6.07, 6.45) is -4.43. The molecule has 0 saturated carbocycles. The lowest BCUT2D eigenvalue weighted by Crippen LogP contribution is -2.17. The summed E-state index contributed by atoms with van der Waals surface area (Å²) in [5.41, 5.74) is 6.58. The summed E-state index contributed by atoms with van der Waals surface area (Å²) >= 11 is 5.91. The van der Waals surface area contributed by atoms with Crippen molar-refractivity contribution < 1.29 is 32.3 Å². The lowest BCUT2D eigenvalue weighted by molar-refractivity contribution is -0.176. The SMILES string of the molecule is COc1ccc(Cl)cc1/C(N)=N/OC(=O)c1cccc(COCC(F)(F)F)c1. The first-order chi connectivity index (χ1) is 13.2. The number of oxime groups is 1. The molecule has 10 heteroatoms. The Labute approximate surface area is 163 Å². The molecule has 2 rings (SSSR count). The number of alkyl halides is 3. The summed E-state index contributed by atoms with van der Waals surface area (Å²) in [5.74, 6) is -0.607. The molecule has 150 valence electrons. The second kappa shape index (κ2) is 9.43. The molecule has 2 N–H and O–H groups in total. The van der Waals surface area contributed by atoms with Crippen molar-refractivity contribution in [1.82, 2.24) is 0 Å². The fourth-order valence-corrected chi connectivity index (χ4v) is 2.32. The monoisotopic (exact) mass is 416 g/mol. The maximum Gasteiger partial charge on any atom is 0.411 e. The number of nitrogens with zero attached hydrogens (tertiary/aromatic N) is 1. The molecule has 0 radical (unpaired) electrons. The van der Waals surface area contributed by atoms with Crippen LogP contribution in [0.25, 0.3) is 0 Å². The number of nitrogens with two attached hydrogens (primary N) is 1. The third-order valence-electron chi connectivity index (χ3n) is 3.36. The van der Waals surface area contributed by atoms with Gasteiger partial charge in [0.15, 0.2) is 5.84 Å². The van der Waals surface area contributed by atoms with Gasteiger partial charge in [-0.3, -0.25) is 0 Å². The minimum atomic E-state index is -4.43. The van der Waals surface area contributed by atoms with Crippen LogP contribution in [0.15, 0.2) is 47.6 Å². The van der Waals surface area contributed by atoms with Gasteiger partial charge in [0, 0.05) is 5.02 Å². The Hall–Kier alpha value is -2.78. The number of methoxy groups -OCH3 is 1. The Bertz CT molecular complexity index is 872. The zero-order valence-electron chi connectivity index (χ0n) is 14.6. The normalized spacial score (nSPS) is 12.0. The van der Waals surface area contributed by atoms with Gasteiger partial charge in [0.05, 0.1) is 24.8 Å². The Morgan fingerprint density at radius 1 is 1.21 bits per heavy atom. The Morgan fingerprint density at radius 3 is 2.64 bits per heavy atom. The van der Waals surface area contributed by atoms with Crippen LogP contribution in [-0.2, 0) is 16.2 Å². The molecule has 0 heterocycles. The average molecular weight is 417 g/mol. The van der Waals surface area contributed by atoms with Crippen LogP contribution in [0.4, 0.5) is 13.2 Å². The highest BCUT2D eigenvalue weighted by Crippen LogP contribution is 2.22. The van der Waals surface area contributed by atoms with Gasteiger partial charge in [-0.1, -0.05) is 28.9 Å². The molecule has 6 nitrogen and oxygen atoms in total. The van der Waals surface area contributed by atoms with Gasteiger partial charge in [-0.15, -0.1) is 0 Å². The molecule has 0 saturated heterocycles. The smallest absolute Gasteiger partial charge is 0.411 e. The molecule has 0 unspecified atom stereocenters. The van der Waals surface area contributed by atoms with Crippen LogP contribution < -0.4 is 10.5 Å². The summed E-state index contributed by atoms with van der Waals surface area (Å²) in [6.45, 7) is -1.70. The van der Waals surface area contributed by atoms with E-state index >= 15 is 0 Å². The topological polar surface area (TPSA) is 83.1 Å². The predicted octanol–water partition coefficient (Wildman–Crippen LogP) is 3.90. The molecule has 0 aliphatic rings. The second-order valence-electron chi connectivity index (χ2n) is 5.51. The molecule has 2 aromatic rings. The molecule has 0 fully saturated rings. The second-order valence-corrected chi connectivity index (χ2v) is 5.94. The zero-order valence-corrected chi connectivity index (χ0v) is 15.4. The van der Waals surface area contributed by atoms with Crippen molar-refractivity contribution in [1.29, 1.82) is 0 Å². The van der Waals surface area contributed by atoms with E-state index in [9.17, 15) is 18.0 Å². The van der Waals surface area contributed by atoms with E-state index in [1.54, 1.807) is 12.1 Å². The number of hydrogen-bond donors (Lipinski definition) is 1. The van der Waals surface area contributed by atoms with Crippen molar-refractivity contribution in [3.63, 3.8) is 0 Å². The van der Waals surface area contributed by atoms with E-state index in [1.165, 1.54) is 37.4 Å². The number of rotatable bonds is 7. The molecule has 0 atom stereocenters. The maximum absolute atomic E-state index is 12.1. The summed E-state index contributed by atoms with van der Waals surface area (Å²) in [7, 11) is 1.43. The number of halogens is 4. The molecule has 0 amide bonds. The van der Waals surface area contributed by atoms with Crippen molar-refractivity contribution in [2.45, 2.75) is 12.8 Å². The van der Waals surface area contributed by atoms with Gasteiger partial charge in [0.2, 0.25) is 0 Å². The number of carbonyl (C=O) groups is 1. The average Bonchev–Trinajstić information content (AvgIpc) is 2.65. The van der Waals surface area contributed by atoms with E-state index in [1.807, 2.05) is 0 Å². The highest BCUT2D eigenvalue weighted by Gasteiger charge is 2.27. The van der Waals surface area contributed by atoms with Gasteiger partial charge in [0.1, 0.15) is 12.4 Å². The van der Waals surface area contributed by atoms with E-state index in [2.05, 4.69) is 9.89 Å². The molecule has 2 aromatic carbocycles. The van der Waals surface area contributed by atoms with E-state index in [0.717, 1.165) is 0 Å². The zero-order chi connectivity index (χ0) is 20.7. The van der Waals surface area contributed by atoms with Crippen LogP contribution in [0.1, 0.15) is 21.5 Å². The Morgan fingerprint density at radius 2 is 1.96 bits per heavy atom. The number of carbonyl (C=O) groups excluding carboxylic acids is 1. The molecular weight excluding hydrogens is 401 g/mol. The first kappa shape index (κ1) is 21.5. The van der Waals surface area contributed by atoms with Crippen LogP contribution in [0.5, 0.6) is 5.75 Å². The highest BCUT2D eigenvalue weighted by molar-refractivity contribution is 6.31. The quantitative estimate of drug-likeness (QED) is 0.320.